The number of aromatic nitrogens is 5. The van der Waals surface area contributed by atoms with Gasteiger partial charge in [0.1, 0.15) is 11.4 Å². The smallest absolute Gasteiger partial charge is 0.263 e. The third-order valence-corrected chi connectivity index (χ3v) is 4.03. The van der Waals surface area contributed by atoms with Gasteiger partial charge in [-0.15, -0.1) is 11.3 Å². The number of aromatic amines is 1. The number of nitrogens with one attached hydrogen (secondary N) is 2. The van der Waals surface area contributed by atoms with E-state index in [1.807, 2.05) is 5.38 Å². The Bertz CT molecular complexity index is 906. The van der Waals surface area contributed by atoms with Gasteiger partial charge in [-0.3, -0.25) is 9.59 Å². The van der Waals surface area contributed by atoms with Crippen LogP contribution in [0.4, 0.5) is 0 Å². The molecule has 0 aromatic carbocycles. The third-order valence-electron chi connectivity index (χ3n) is 3.15. The van der Waals surface area contributed by atoms with Crippen molar-refractivity contribution in [2.75, 3.05) is 6.54 Å². The molecule has 0 aliphatic carbocycles. The molecular weight excluding hydrogens is 328 g/mol. The molecule has 0 aliphatic rings. The molecule has 9 heteroatoms. The number of amides is 1. The monoisotopic (exact) mass is 342 g/mol. The van der Waals surface area contributed by atoms with E-state index in [1.54, 1.807) is 25.4 Å². The SMILES string of the molecule is Cc1ncc(C(=O)NCCc2csc(-c3ncccn3)n2)c(=O)[nH]1. The molecule has 0 fully saturated rings. The quantitative estimate of drug-likeness (QED) is 0.714. The first-order valence-electron chi connectivity index (χ1n) is 7.19. The van der Waals surface area contributed by atoms with Gasteiger partial charge in [-0.1, -0.05) is 0 Å². The lowest BCUT2D eigenvalue weighted by molar-refractivity contribution is 0.0952. The van der Waals surface area contributed by atoms with E-state index in [0.29, 0.717) is 24.6 Å². The van der Waals surface area contributed by atoms with E-state index >= 15 is 0 Å². The fourth-order valence-corrected chi connectivity index (χ4v) is 2.78. The number of H-pyrrole nitrogens is 1. The maximum atomic E-state index is 12.0. The number of nitrogens with zero attached hydrogens (tertiary/aromatic N) is 4. The zero-order valence-electron chi connectivity index (χ0n) is 12.8. The molecule has 0 saturated heterocycles. The van der Waals surface area contributed by atoms with Crippen molar-refractivity contribution in [2.24, 2.45) is 0 Å². The molecule has 3 rings (SSSR count). The normalized spacial score (nSPS) is 10.5. The molecule has 3 aromatic rings. The lowest BCUT2D eigenvalue weighted by atomic mass is 10.3. The first-order valence-corrected chi connectivity index (χ1v) is 8.07. The van der Waals surface area contributed by atoms with Crippen LogP contribution in [0.2, 0.25) is 0 Å². The lowest BCUT2D eigenvalue weighted by Gasteiger charge is -2.03. The van der Waals surface area contributed by atoms with E-state index in [2.05, 4.69) is 30.2 Å². The van der Waals surface area contributed by atoms with Crippen molar-refractivity contribution in [2.45, 2.75) is 13.3 Å². The van der Waals surface area contributed by atoms with Crippen molar-refractivity contribution in [3.63, 3.8) is 0 Å². The van der Waals surface area contributed by atoms with E-state index in [1.165, 1.54) is 17.5 Å². The van der Waals surface area contributed by atoms with Gasteiger partial charge in [0.15, 0.2) is 10.8 Å². The number of rotatable bonds is 5. The van der Waals surface area contributed by atoms with Crippen LogP contribution in [0, 0.1) is 6.92 Å². The van der Waals surface area contributed by atoms with Crippen molar-refractivity contribution < 1.29 is 4.79 Å². The van der Waals surface area contributed by atoms with Gasteiger partial charge in [-0.05, 0) is 13.0 Å². The minimum absolute atomic E-state index is 0.00254. The van der Waals surface area contributed by atoms with Crippen LogP contribution in [0.5, 0.6) is 0 Å². The second-order valence-corrected chi connectivity index (χ2v) is 5.79. The van der Waals surface area contributed by atoms with Gasteiger partial charge in [0.25, 0.3) is 11.5 Å². The average Bonchev–Trinajstić information content (AvgIpc) is 3.04. The number of carbonyl (C=O) groups is 1. The topological polar surface area (TPSA) is 114 Å². The Labute approximate surface area is 141 Å². The van der Waals surface area contributed by atoms with Gasteiger partial charge in [0.05, 0.1) is 5.69 Å². The van der Waals surface area contributed by atoms with Gasteiger partial charge in [-0.25, -0.2) is 19.9 Å². The van der Waals surface area contributed by atoms with Gasteiger partial charge >= 0.3 is 0 Å². The first-order chi connectivity index (χ1) is 11.6. The van der Waals surface area contributed by atoms with Gasteiger partial charge in [0.2, 0.25) is 0 Å². The van der Waals surface area contributed by atoms with Gasteiger partial charge < -0.3 is 10.3 Å². The van der Waals surface area contributed by atoms with E-state index in [0.717, 1.165) is 10.7 Å². The fourth-order valence-electron chi connectivity index (χ4n) is 1.98. The Morgan fingerprint density at radius 2 is 2.08 bits per heavy atom. The Hall–Kier alpha value is -2.94. The summed E-state index contributed by atoms with van der Waals surface area (Å²) in [7, 11) is 0. The Morgan fingerprint density at radius 3 is 2.83 bits per heavy atom. The molecule has 0 bridgehead atoms. The molecule has 2 N–H and O–H groups in total. The molecule has 0 saturated carbocycles. The van der Waals surface area contributed by atoms with Crippen LogP contribution in [-0.2, 0) is 6.42 Å². The predicted molar refractivity (Wildman–Crippen MR) is 88.8 cm³/mol. The highest BCUT2D eigenvalue weighted by molar-refractivity contribution is 7.13. The standard InChI is InChI=1S/C15H14N6O2S/c1-9-19-7-11(14(23)20-9)13(22)18-6-3-10-8-24-15(21-10)12-16-4-2-5-17-12/h2,4-5,7-8H,3,6H2,1H3,(H,18,22)(H,19,20,23). The van der Waals surface area contributed by atoms with Gasteiger partial charge in [0, 0.05) is 36.9 Å². The summed E-state index contributed by atoms with van der Waals surface area (Å²) in [5.41, 5.74) is 0.383. The van der Waals surface area contributed by atoms with E-state index in [9.17, 15) is 9.59 Å². The molecule has 3 aromatic heterocycles. The van der Waals surface area contributed by atoms with Gasteiger partial charge in [-0.2, -0.15) is 0 Å². The van der Waals surface area contributed by atoms with E-state index in [-0.39, 0.29) is 5.56 Å². The summed E-state index contributed by atoms with van der Waals surface area (Å²) < 4.78 is 0. The number of carbonyl (C=O) groups excluding carboxylic acids is 1. The molecule has 0 unspecified atom stereocenters. The lowest BCUT2D eigenvalue weighted by Crippen LogP contribution is -2.31. The van der Waals surface area contributed by atoms with Crippen LogP contribution in [0.1, 0.15) is 21.9 Å². The van der Waals surface area contributed by atoms with Crippen molar-refractivity contribution in [1.29, 1.82) is 0 Å². The predicted octanol–water partition coefficient (Wildman–Crippen LogP) is 0.964. The summed E-state index contributed by atoms with van der Waals surface area (Å²) >= 11 is 1.45. The van der Waals surface area contributed by atoms with Crippen LogP contribution in [0.15, 0.2) is 34.8 Å². The fraction of sp³-hybridized carbons (Fsp3) is 0.200. The van der Waals surface area contributed by atoms with E-state index < -0.39 is 11.5 Å². The molecule has 8 nitrogen and oxygen atoms in total. The molecule has 122 valence electrons. The van der Waals surface area contributed by atoms with Crippen LogP contribution >= 0.6 is 11.3 Å². The molecule has 1 amide bonds. The summed E-state index contributed by atoms with van der Waals surface area (Å²) in [4.78, 5) is 42.8. The van der Waals surface area contributed by atoms with Crippen molar-refractivity contribution >= 4 is 17.2 Å². The minimum atomic E-state index is -0.453. The van der Waals surface area contributed by atoms with Crippen molar-refractivity contribution in [3.05, 3.63) is 57.5 Å². The number of hydrogen-bond acceptors (Lipinski definition) is 7. The highest BCUT2D eigenvalue weighted by Gasteiger charge is 2.11. The van der Waals surface area contributed by atoms with E-state index in [4.69, 9.17) is 0 Å². The van der Waals surface area contributed by atoms with Crippen LogP contribution in [0.3, 0.4) is 0 Å². The first kappa shape index (κ1) is 15.9. The summed E-state index contributed by atoms with van der Waals surface area (Å²) in [5, 5.41) is 5.32. The highest BCUT2D eigenvalue weighted by atomic mass is 32.1. The molecule has 24 heavy (non-hydrogen) atoms. The van der Waals surface area contributed by atoms with Crippen LogP contribution in [-0.4, -0.2) is 37.4 Å². The largest absolute Gasteiger partial charge is 0.351 e. The summed E-state index contributed by atoms with van der Waals surface area (Å²) in [5.74, 6) is 0.593. The van der Waals surface area contributed by atoms with Crippen molar-refractivity contribution in [3.8, 4) is 10.8 Å². The summed E-state index contributed by atoms with van der Waals surface area (Å²) in [6.45, 7) is 2.02. The third kappa shape index (κ3) is 3.69. The molecule has 3 heterocycles. The van der Waals surface area contributed by atoms with Crippen LogP contribution < -0.4 is 10.9 Å². The molecular formula is C15H14N6O2S. The molecule has 0 aliphatic heterocycles. The van der Waals surface area contributed by atoms with Crippen molar-refractivity contribution in [1.82, 2.24) is 30.2 Å². The zero-order chi connectivity index (χ0) is 16.9. The maximum absolute atomic E-state index is 12.0. The molecule has 0 atom stereocenters. The molecule has 0 radical (unpaired) electrons. The van der Waals surface area contributed by atoms with Crippen LogP contribution in [0.25, 0.3) is 10.8 Å². The average molecular weight is 342 g/mol. The Balaban J connectivity index is 1.58. The zero-order valence-corrected chi connectivity index (χ0v) is 13.6. The number of thiazole rings is 1. The second kappa shape index (κ2) is 7.09. The number of aryl methyl sites for hydroxylation is 1. The Kier molecular flexibility index (Phi) is 4.71. The summed E-state index contributed by atoms with van der Waals surface area (Å²) in [6, 6.07) is 1.75. The Morgan fingerprint density at radius 1 is 1.29 bits per heavy atom. The second-order valence-electron chi connectivity index (χ2n) is 4.93. The minimum Gasteiger partial charge on any atom is -0.351 e. The summed E-state index contributed by atoms with van der Waals surface area (Å²) in [6.07, 6.45) is 5.15. The number of hydrogen-bond donors (Lipinski definition) is 2. The maximum Gasteiger partial charge on any atom is 0.263 e. The highest BCUT2D eigenvalue weighted by Crippen LogP contribution is 2.19. The molecule has 0 spiro atoms.